The molecule has 0 aromatic heterocycles. The van der Waals surface area contributed by atoms with E-state index in [1.165, 1.54) is 0 Å². The zero-order valence-corrected chi connectivity index (χ0v) is 5.44. The topological polar surface area (TPSA) is 117 Å². The first-order valence-electron chi connectivity index (χ1n) is 0. The van der Waals surface area contributed by atoms with Gasteiger partial charge in [-0.2, -0.15) is 0 Å². The molecule has 2 N–H and O–H groups in total. The van der Waals surface area contributed by atoms with Crippen LogP contribution in [0.2, 0.25) is 0 Å². The van der Waals surface area contributed by atoms with Gasteiger partial charge in [-0.15, -0.1) is 0 Å². The van der Waals surface area contributed by atoms with Crippen LogP contribution < -0.4 is 0 Å². The Balaban J connectivity index is 0. The molecule has 0 fully saturated rings. The van der Waals surface area contributed by atoms with Crippen molar-refractivity contribution in [3.63, 3.8) is 0 Å². The monoisotopic (exact) mass is 255 g/mol. The fourth-order valence-corrected chi connectivity index (χ4v) is 0. The van der Waals surface area contributed by atoms with Crippen LogP contribution in [-0.4, -0.2) is 11.0 Å². The molecule has 0 unspecified atom stereocenters. The van der Waals surface area contributed by atoms with E-state index in [2.05, 4.69) is 0 Å². The van der Waals surface area contributed by atoms with Crippen molar-refractivity contribution in [3.05, 3.63) is 0 Å². The van der Waals surface area contributed by atoms with Crippen molar-refractivity contribution in [1.29, 1.82) is 0 Å². The maximum absolute atomic E-state index is 0. The second-order valence-corrected chi connectivity index (χ2v) is 0. The minimum absolute atomic E-state index is 0. The Morgan fingerprint density at radius 1 is 0.429 bits per heavy atom. The maximum atomic E-state index is 0. The predicted octanol–water partition coefficient (Wildman–Crippen LogP) is -0.599. The number of rotatable bonds is 0. The normalized spacial score (nSPS) is 0. The Morgan fingerprint density at radius 3 is 0.429 bits per heavy atom. The third-order valence-corrected chi connectivity index (χ3v) is 0. The minimum atomic E-state index is 0. The SMILES string of the molecule is [Cu+2].[Cu+2].[Cu+2].[O-2].[O-2].[OH-].[OH-]. The molecule has 59 valence electrons. The quantitative estimate of drug-likeness (QED) is 0.538. The minimum Gasteiger partial charge on any atom is -2.00 e. The van der Waals surface area contributed by atoms with Crippen molar-refractivity contribution >= 4 is 0 Å². The first kappa shape index (κ1) is 235. The van der Waals surface area contributed by atoms with Gasteiger partial charge in [0.25, 0.3) is 0 Å². The molecule has 0 rings (SSSR count). The van der Waals surface area contributed by atoms with Crippen LogP contribution in [0.4, 0.5) is 0 Å². The average Bonchev–Trinajstić information content (AvgIpc) is 0. The van der Waals surface area contributed by atoms with Crippen LogP contribution in [0.25, 0.3) is 0 Å². The van der Waals surface area contributed by atoms with Gasteiger partial charge < -0.3 is 21.9 Å². The molecule has 0 spiro atoms. The zero-order valence-electron chi connectivity index (χ0n) is 2.62. The van der Waals surface area contributed by atoms with Crippen LogP contribution in [0.3, 0.4) is 0 Å². The summed E-state index contributed by atoms with van der Waals surface area (Å²) >= 11 is 0. The summed E-state index contributed by atoms with van der Waals surface area (Å²) in [7, 11) is 0. The van der Waals surface area contributed by atoms with E-state index in [1.54, 1.807) is 0 Å². The smallest absolute Gasteiger partial charge is 2.00 e. The van der Waals surface area contributed by atoms with Crippen molar-refractivity contribution < 1.29 is 73.1 Å². The molecule has 7 heteroatoms. The fraction of sp³-hybridized carbons (Fsp3) is 0. The third kappa shape index (κ3) is 110. The van der Waals surface area contributed by atoms with Crippen LogP contribution in [0.15, 0.2) is 0 Å². The van der Waals surface area contributed by atoms with Gasteiger partial charge in [0.1, 0.15) is 0 Å². The first-order valence-corrected chi connectivity index (χ1v) is 0. The number of hydrogen-bond donors (Lipinski definition) is 0. The molecule has 0 aromatic carbocycles. The Kier molecular flexibility index (Phi) is 5200. The molecule has 0 heterocycles. The molecule has 0 atom stereocenters. The van der Waals surface area contributed by atoms with E-state index in [-0.39, 0.29) is 73.1 Å². The predicted molar refractivity (Wildman–Crippen MR) is 5.24 cm³/mol. The second-order valence-electron chi connectivity index (χ2n) is 0. The molecule has 0 saturated heterocycles. The van der Waals surface area contributed by atoms with Crippen LogP contribution in [0.1, 0.15) is 0 Å². The van der Waals surface area contributed by atoms with Gasteiger partial charge in [-0.25, -0.2) is 0 Å². The largest absolute Gasteiger partial charge is 2.00 e. The summed E-state index contributed by atoms with van der Waals surface area (Å²) in [6.45, 7) is 0. The summed E-state index contributed by atoms with van der Waals surface area (Å²) in [6.07, 6.45) is 0. The summed E-state index contributed by atoms with van der Waals surface area (Å²) in [4.78, 5) is 0. The Hall–Kier alpha value is 1.40. The number of hydrogen-bond acceptors (Lipinski definition) is 2. The summed E-state index contributed by atoms with van der Waals surface area (Å²) < 4.78 is 0. The first-order chi connectivity index (χ1) is 0. The van der Waals surface area contributed by atoms with Gasteiger partial charge in [0.05, 0.1) is 0 Å². The summed E-state index contributed by atoms with van der Waals surface area (Å²) in [5, 5.41) is 0. The fourth-order valence-electron chi connectivity index (χ4n) is 0. The molecule has 0 aromatic rings. The Bertz CT molecular complexity index is 6.90. The molecule has 3 radical (unpaired) electrons. The van der Waals surface area contributed by atoms with Gasteiger partial charge in [0.15, 0.2) is 0 Å². The Labute approximate surface area is 73.1 Å². The van der Waals surface area contributed by atoms with Crippen molar-refractivity contribution in [3.8, 4) is 0 Å². The molecule has 0 bridgehead atoms. The van der Waals surface area contributed by atoms with Gasteiger partial charge in [-0.1, -0.05) is 0 Å². The molecule has 4 nitrogen and oxygen atoms in total. The second kappa shape index (κ2) is 155. The molecule has 0 amide bonds. The van der Waals surface area contributed by atoms with E-state index in [9.17, 15) is 0 Å². The molecule has 0 aliphatic rings. The summed E-state index contributed by atoms with van der Waals surface area (Å²) in [5.74, 6) is 0. The van der Waals surface area contributed by atoms with Gasteiger partial charge in [-0.05, 0) is 0 Å². The van der Waals surface area contributed by atoms with E-state index in [0.29, 0.717) is 0 Å². The van der Waals surface area contributed by atoms with E-state index in [4.69, 9.17) is 0 Å². The third-order valence-electron chi connectivity index (χ3n) is 0. The summed E-state index contributed by atoms with van der Waals surface area (Å²) in [5.41, 5.74) is 0. The van der Waals surface area contributed by atoms with Crippen LogP contribution >= 0.6 is 0 Å². The van der Waals surface area contributed by atoms with E-state index in [1.807, 2.05) is 0 Å². The van der Waals surface area contributed by atoms with Crippen LogP contribution in [0, 0.1) is 0 Å². The maximum Gasteiger partial charge on any atom is 2.00 e. The van der Waals surface area contributed by atoms with Crippen LogP contribution in [-0.2, 0) is 62.2 Å². The average molecular weight is 257 g/mol. The molecule has 7 heavy (non-hydrogen) atoms. The molecule has 0 aliphatic heterocycles. The Morgan fingerprint density at radius 2 is 0.429 bits per heavy atom. The molecular weight excluding hydrogens is 255 g/mol. The van der Waals surface area contributed by atoms with Gasteiger partial charge in [0.2, 0.25) is 0 Å². The summed E-state index contributed by atoms with van der Waals surface area (Å²) in [6, 6.07) is 0. The van der Waals surface area contributed by atoms with Gasteiger partial charge in [0, 0.05) is 0 Å². The zero-order chi connectivity index (χ0) is 0. The van der Waals surface area contributed by atoms with Crippen molar-refractivity contribution in [1.82, 2.24) is 0 Å². The van der Waals surface area contributed by atoms with Crippen LogP contribution in [0.5, 0.6) is 0 Å². The molecule has 0 saturated carbocycles. The van der Waals surface area contributed by atoms with E-state index >= 15 is 0 Å². The van der Waals surface area contributed by atoms with E-state index in [0.717, 1.165) is 0 Å². The van der Waals surface area contributed by atoms with Gasteiger partial charge >= 0.3 is 51.2 Å². The molecular formula is H2Cu3O4. The van der Waals surface area contributed by atoms with Crippen molar-refractivity contribution in [2.24, 2.45) is 0 Å². The molecule has 0 aliphatic carbocycles. The van der Waals surface area contributed by atoms with Crippen molar-refractivity contribution in [2.45, 2.75) is 0 Å². The van der Waals surface area contributed by atoms with E-state index < -0.39 is 0 Å². The van der Waals surface area contributed by atoms with Crippen molar-refractivity contribution in [2.75, 3.05) is 0 Å². The van der Waals surface area contributed by atoms with Gasteiger partial charge in [-0.3, -0.25) is 0 Å². The standard InChI is InChI=1S/3Cu.2H2O.2O/h;;;2*1H2;;/q3*+2;;;2*-2/p-2.